The van der Waals surface area contributed by atoms with Gasteiger partial charge in [0.1, 0.15) is 19.0 Å². The van der Waals surface area contributed by atoms with Crippen molar-refractivity contribution in [3.63, 3.8) is 0 Å². The number of fused-ring (bicyclic) bond motifs is 2. The van der Waals surface area contributed by atoms with Gasteiger partial charge in [-0.3, -0.25) is 4.79 Å². The molecule has 9 heteroatoms. The van der Waals surface area contributed by atoms with E-state index in [0.717, 1.165) is 35.4 Å². The lowest BCUT2D eigenvalue weighted by Gasteiger charge is -2.22. The van der Waals surface area contributed by atoms with Crippen LogP contribution in [0.5, 0.6) is 11.5 Å². The molecular formula is C23H22N6O3. The molecule has 1 amide bonds. The lowest BCUT2D eigenvalue weighted by atomic mass is 10.2. The molecule has 0 spiro atoms. The van der Waals surface area contributed by atoms with E-state index in [-0.39, 0.29) is 11.9 Å². The highest BCUT2D eigenvalue weighted by Crippen LogP contribution is 2.34. The second-order valence-electron chi connectivity index (χ2n) is 8.06. The molecule has 9 nitrogen and oxygen atoms in total. The molecule has 32 heavy (non-hydrogen) atoms. The van der Waals surface area contributed by atoms with E-state index in [9.17, 15) is 4.79 Å². The molecule has 1 fully saturated rings. The average Bonchev–Trinajstić information content (AvgIpc) is 3.56. The predicted molar refractivity (Wildman–Crippen MR) is 116 cm³/mol. The monoisotopic (exact) mass is 430 g/mol. The summed E-state index contributed by atoms with van der Waals surface area (Å²) in [7, 11) is 0. The largest absolute Gasteiger partial charge is 0.486 e. The molecule has 1 unspecified atom stereocenters. The fraction of sp³-hybridized carbons (Fsp3) is 0.304. The quantitative estimate of drug-likeness (QED) is 0.536. The number of hydrogen-bond donors (Lipinski definition) is 1. The van der Waals surface area contributed by atoms with Crippen LogP contribution in [0.4, 0.5) is 0 Å². The van der Waals surface area contributed by atoms with Gasteiger partial charge in [-0.25, -0.2) is 9.67 Å². The fourth-order valence-corrected chi connectivity index (χ4v) is 4.50. The number of H-pyrrole nitrogens is 1. The molecule has 1 atom stereocenters. The van der Waals surface area contributed by atoms with E-state index in [1.165, 1.54) is 0 Å². The maximum atomic E-state index is 13.5. The first kappa shape index (κ1) is 18.9. The van der Waals surface area contributed by atoms with Crippen molar-refractivity contribution in [2.45, 2.75) is 25.8 Å². The summed E-state index contributed by atoms with van der Waals surface area (Å²) < 4.78 is 12.9. The van der Waals surface area contributed by atoms with Gasteiger partial charge in [0.15, 0.2) is 17.2 Å². The molecule has 2 aromatic carbocycles. The van der Waals surface area contributed by atoms with Gasteiger partial charge in [-0.2, -0.15) is 0 Å². The first-order valence-electron chi connectivity index (χ1n) is 10.8. The SMILES string of the molecule is Cc1c(C(=O)N2CCCC2c2nc3ccccc3[nH]2)nnn1-c1ccc2c(c1)OCCO2. The number of nitrogens with zero attached hydrogens (tertiary/aromatic N) is 5. The number of carbonyl (C=O) groups excluding carboxylic acids is 1. The number of aromatic nitrogens is 5. The first-order chi connectivity index (χ1) is 15.7. The van der Waals surface area contributed by atoms with E-state index >= 15 is 0 Å². The van der Waals surface area contributed by atoms with Crippen molar-refractivity contribution in [1.29, 1.82) is 0 Å². The van der Waals surface area contributed by atoms with Crippen LogP contribution in [0.15, 0.2) is 42.5 Å². The third-order valence-corrected chi connectivity index (χ3v) is 6.10. The molecule has 4 heterocycles. The van der Waals surface area contributed by atoms with E-state index in [4.69, 9.17) is 14.5 Å². The highest BCUT2D eigenvalue weighted by Gasteiger charge is 2.35. The topological polar surface area (TPSA) is 98.2 Å². The Labute approximate surface area is 184 Å². The Morgan fingerprint density at radius 1 is 1.12 bits per heavy atom. The zero-order valence-electron chi connectivity index (χ0n) is 17.6. The number of para-hydroxylation sites is 2. The van der Waals surface area contributed by atoms with Crippen LogP contribution in [0, 0.1) is 6.92 Å². The van der Waals surface area contributed by atoms with Crippen LogP contribution in [0.2, 0.25) is 0 Å². The van der Waals surface area contributed by atoms with Gasteiger partial charge in [-0.15, -0.1) is 5.10 Å². The number of hydrogen-bond acceptors (Lipinski definition) is 6. The molecule has 4 aromatic rings. The molecule has 1 N–H and O–H groups in total. The van der Waals surface area contributed by atoms with Gasteiger partial charge < -0.3 is 19.4 Å². The van der Waals surface area contributed by atoms with Crippen molar-refractivity contribution in [2.75, 3.05) is 19.8 Å². The zero-order chi connectivity index (χ0) is 21.7. The normalized spacial score (nSPS) is 17.8. The van der Waals surface area contributed by atoms with Crippen LogP contribution in [-0.2, 0) is 0 Å². The van der Waals surface area contributed by atoms with Crippen LogP contribution in [0.3, 0.4) is 0 Å². The van der Waals surface area contributed by atoms with Gasteiger partial charge in [0.25, 0.3) is 5.91 Å². The van der Waals surface area contributed by atoms with Gasteiger partial charge in [-0.05, 0) is 44.0 Å². The molecule has 0 saturated carbocycles. The number of likely N-dealkylation sites (tertiary alicyclic amines) is 1. The zero-order valence-corrected chi connectivity index (χ0v) is 17.6. The number of carbonyl (C=O) groups is 1. The summed E-state index contributed by atoms with van der Waals surface area (Å²) in [6.45, 7) is 3.57. The van der Waals surface area contributed by atoms with Crippen LogP contribution in [0.25, 0.3) is 16.7 Å². The summed E-state index contributed by atoms with van der Waals surface area (Å²) in [5, 5.41) is 8.50. The van der Waals surface area contributed by atoms with E-state index in [0.29, 0.717) is 42.6 Å². The molecule has 2 aliphatic heterocycles. The molecule has 6 rings (SSSR count). The maximum Gasteiger partial charge on any atom is 0.276 e. The molecule has 2 aromatic heterocycles. The van der Waals surface area contributed by atoms with Crippen molar-refractivity contribution >= 4 is 16.9 Å². The lowest BCUT2D eigenvalue weighted by molar-refractivity contribution is 0.0723. The van der Waals surface area contributed by atoms with Gasteiger partial charge in [-0.1, -0.05) is 17.3 Å². The Hall–Kier alpha value is -3.88. The summed E-state index contributed by atoms with van der Waals surface area (Å²) in [6, 6.07) is 13.4. The van der Waals surface area contributed by atoms with Crippen LogP contribution >= 0.6 is 0 Å². The van der Waals surface area contributed by atoms with Gasteiger partial charge in [0.2, 0.25) is 0 Å². The van der Waals surface area contributed by atoms with Crippen molar-refractivity contribution in [3.8, 4) is 17.2 Å². The lowest BCUT2D eigenvalue weighted by Crippen LogP contribution is -2.32. The second kappa shape index (κ2) is 7.37. The minimum atomic E-state index is -0.130. The Bertz CT molecular complexity index is 1290. The minimum absolute atomic E-state index is 0.103. The van der Waals surface area contributed by atoms with Gasteiger partial charge >= 0.3 is 0 Å². The summed E-state index contributed by atoms with van der Waals surface area (Å²) >= 11 is 0. The summed E-state index contributed by atoms with van der Waals surface area (Å²) in [6.07, 6.45) is 1.78. The molecule has 0 radical (unpaired) electrons. The minimum Gasteiger partial charge on any atom is -0.486 e. The summed E-state index contributed by atoms with van der Waals surface area (Å²) in [5.41, 5.74) is 3.68. The summed E-state index contributed by atoms with van der Waals surface area (Å²) in [4.78, 5) is 23.4. The van der Waals surface area contributed by atoms with E-state index in [1.54, 1.807) is 4.68 Å². The second-order valence-corrected chi connectivity index (χ2v) is 8.06. The average molecular weight is 430 g/mol. The fourth-order valence-electron chi connectivity index (χ4n) is 4.50. The highest BCUT2D eigenvalue weighted by molar-refractivity contribution is 5.94. The molecule has 162 valence electrons. The molecule has 2 aliphatic rings. The number of benzene rings is 2. The van der Waals surface area contributed by atoms with Gasteiger partial charge in [0, 0.05) is 12.6 Å². The summed E-state index contributed by atoms with van der Waals surface area (Å²) in [5.74, 6) is 2.06. The number of amides is 1. The Morgan fingerprint density at radius 3 is 2.84 bits per heavy atom. The van der Waals surface area contributed by atoms with Crippen molar-refractivity contribution in [3.05, 3.63) is 59.7 Å². The first-order valence-corrected chi connectivity index (χ1v) is 10.8. The standard InChI is InChI=1S/C23H22N6O3/c1-14-21(26-27-29(14)15-8-9-19-20(13-15)32-12-11-31-19)23(30)28-10-4-7-18(28)22-24-16-5-2-3-6-17(16)25-22/h2-3,5-6,8-9,13,18H,4,7,10-12H2,1H3,(H,24,25). The van der Waals surface area contributed by atoms with Crippen LogP contribution in [-0.4, -0.2) is 55.5 Å². The number of rotatable bonds is 3. The number of aromatic amines is 1. The van der Waals surface area contributed by atoms with Gasteiger partial charge in [0.05, 0.1) is 28.5 Å². The predicted octanol–water partition coefficient (Wildman–Crippen LogP) is 3.20. The number of ether oxygens (including phenoxy) is 2. The molecule has 1 saturated heterocycles. The Morgan fingerprint density at radius 2 is 1.97 bits per heavy atom. The third kappa shape index (κ3) is 3.00. The van der Waals surface area contributed by atoms with E-state index in [2.05, 4.69) is 15.3 Å². The van der Waals surface area contributed by atoms with E-state index < -0.39 is 0 Å². The number of nitrogens with one attached hydrogen (secondary N) is 1. The van der Waals surface area contributed by atoms with Crippen LogP contribution in [0.1, 0.15) is 40.9 Å². The highest BCUT2D eigenvalue weighted by atomic mass is 16.6. The smallest absolute Gasteiger partial charge is 0.276 e. The Balaban J connectivity index is 1.30. The molecule has 0 aliphatic carbocycles. The Kier molecular flexibility index (Phi) is 4.34. The maximum absolute atomic E-state index is 13.5. The van der Waals surface area contributed by atoms with Crippen molar-refractivity contribution in [2.24, 2.45) is 0 Å². The molecular weight excluding hydrogens is 408 g/mol. The van der Waals surface area contributed by atoms with Crippen molar-refractivity contribution in [1.82, 2.24) is 29.9 Å². The van der Waals surface area contributed by atoms with E-state index in [1.807, 2.05) is 54.3 Å². The van der Waals surface area contributed by atoms with Crippen LogP contribution < -0.4 is 9.47 Å². The third-order valence-electron chi connectivity index (χ3n) is 6.10. The van der Waals surface area contributed by atoms with Crippen molar-refractivity contribution < 1.29 is 14.3 Å². The molecule has 0 bridgehead atoms. The number of imidazole rings is 1.